The van der Waals surface area contributed by atoms with Gasteiger partial charge in [-0.05, 0) is 62.6 Å². The van der Waals surface area contributed by atoms with Crippen LogP contribution in [0, 0.1) is 11.3 Å². The van der Waals surface area contributed by atoms with Gasteiger partial charge in [-0.3, -0.25) is 0 Å². The number of nitrogens with zero attached hydrogens (tertiary/aromatic N) is 2. The Morgan fingerprint density at radius 1 is 1.07 bits per heavy atom. The van der Waals surface area contributed by atoms with Crippen molar-refractivity contribution in [3.8, 4) is 11.8 Å². The molecule has 136 valence electrons. The molecule has 2 aromatic heterocycles. The number of rotatable bonds is 2. The molecule has 0 saturated heterocycles. The van der Waals surface area contributed by atoms with Gasteiger partial charge in [-0.1, -0.05) is 0 Å². The first-order chi connectivity index (χ1) is 13.3. The van der Waals surface area contributed by atoms with E-state index in [9.17, 15) is 10.4 Å². The third-order valence-electron chi connectivity index (χ3n) is 5.71. The monoisotopic (exact) mass is 376 g/mol. The van der Waals surface area contributed by atoms with E-state index in [1.807, 2.05) is 6.07 Å². The van der Waals surface area contributed by atoms with E-state index in [2.05, 4.69) is 11.1 Å². The second kappa shape index (κ2) is 6.54. The summed E-state index contributed by atoms with van der Waals surface area (Å²) in [6, 6.07) is 5.86. The van der Waals surface area contributed by atoms with Gasteiger partial charge in [0.05, 0.1) is 5.56 Å². The number of aryl methyl sites for hydroxylation is 3. The highest BCUT2D eigenvalue weighted by atomic mass is 32.1. The van der Waals surface area contributed by atoms with Crippen LogP contribution in [-0.2, 0) is 25.7 Å². The van der Waals surface area contributed by atoms with Crippen LogP contribution >= 0.6 is 11.3 Å². The van der Waals surface area contributed by atoms with Crippen LogP contribution in [0.5, 0.6) is 5.75 Å². The molecule has 5 heteroatoms. The molecule has 0 bridgehead atoms. The van der Waals surface area contributed by atoms with Crippen molar-refractivity contribution in [3.63, 3.8) is 0 Å². The zero-order valence-corrected chi connectivity index (χ0v) is 15.9. The Bertz CT molecular complexity index is 1110. The van der Waals surface area contributed by atoms with E-state index in [1.165, 1.54) is 22.4 Å². The maximum atomic E-state index is 10.5. The van der Waals surface area contributed by atoms with Gasteiger partial charge in [0.15, 0.2) is 0 Å². The second-order valence-electron chi connectivity index (χ2n) is 7.34. The molecule has 1 aromatic carbocycles. The van der Waals surface area contributed by atoms with Gasteiger partial charge < -0.3 is 9.52 Å². The van der Waals surface area contributed by atoms with E-state index in [-0.39, 0.29) is 5.75 Å². The first kappa shape index (κ1) is 16.6. The molecule has 3 aromatic rings. The number of benzene rings is 1. The number of aromatic hydroxyl groups is 1. The van der Waals surface area contributed by atoms with Crippen molar-refractivity contribution >= 4 is 33.5 Å². The molecule has 0 aliphatic heterocycles. The van der Waals surface area contributed by atoms with Crippen molar-refractivity contribution in [2.45, 2.75) is 51.4 Å². The molecule has 0 atom stereocenters. The first-order valence-corrected chi connectivity index (χ1v) is 10.4. The number of furan rings is 1. The van der Waals surface area contributed by atoms with Crippen LogP contribution in [0.15, 0.2) is 21.5 Å². The molecule has 0 fully saturated rings. The summed E-state index contributed by atoms with van der Waals surface area (Å²) in [6.07, 6.45) is 10.3. The molecule has 0 radical (unpaired) electrons. The average Bonchev–Trinajstić information content (AvgIpc) is 3.25. The lowest BCUT2D eigenvalue weighted by molar-refractivity contribution is 0.474. The molecule has 2 aliphatic carbocycles. The summed E-state index contributed by atoms with van der Waals surface area (Å²) >= 11 is 1.62. The normalized spacial score (nSPS) is 16.4. The van der Waals surface area contributed by atoms with Gasteiger partial charge in [0.1, 0.15) is 28.2 Å². The number of phenolic OH excluding ortho intramolecular Hbond substituents is 1. The molecular formula is C22H20N2O2S. The summed E-state index contributed by atoms with van der Waals surface area (Å²) in [4.78, 5) is 5.96. The lowest BCUT2D eigenvalue weighted by atomic mass is 9.94. The number of phenols is 1. The van der Waals surface area contributed by atoms with Gasteiger partial charge in [0, 0.05) is 34.0 Å². The molecule has 5 rings (SSSR count). The molecule has 0 amide bonds. The lowest BCUT2D eigenvalue weighted by Gasteiger charge is -2.09. The van der Waals surface area contributed by atoms with E-state index in [1.54, 1.807) is 23.6 Å². The van der Waals surface area contributed by atoms with Crippen LogP contribution in [0.3, 0.4) is 0 Å². The third kappa shape index (κ3) is 2.67. The predicted molar refractivity (Wildman–Crippen MR) is 107 cm³/mol. The molecule has 0 spiro atoms. The van der Waals surface area contributed by atoms with Crippen molar-refractivity contribution in [1.82, 2.24) is 0 Å². The molecule has 2 heterocycles. The summed E-state index contributed by atoms with van der Waals surface area (Å²) in [7, 11) is 0. The third-order valence-corrected chi connectivity index (χ3v) is 6.91. The summed E-state index contributed by atoms with van der Waals surface area (Å²) < 4.78 is 6.03. The van der Waals surface area contributed by atoms with Crippen LogP contribution in [0.2, 0.25) is 0 Å². The number of aliphatic imine (C=N–C) groups is 1. The fourth-order valence-corrected chi connectivity index (χ4v) is 5.57. The van der Waals surface area contributed by atoms with E-state index in [4.69, 9.17) is 4.42 Å². The maximum Gasteiger partial charge on any atom is 0.135 e. The smallest absolute Gasteiger partial charge is 0.135 e. The van der Waals surface area contributed by atoms with E-state index < -0.39 is 0 Å². The van der Waals surface area contributed by atoms with E-state index in [0.717, 1.165) is 66.7 Å². The van der Waals surface area contributed by atoms with Gasteiger partial charge in [0.25, 0.3) is 0 Å². The zero-order chi connectivity index (χ0) is 18.4. The minimum atomic E-state index is 0.209. The van der Waals surface area contributed by atoms with Crippen LogP contribution < -0.4 is 0 Å². The quantitative estimate of drug-likeness (QED) is 0.594. The Hall–Kier alpha value is -2.58. The Kier molecular flexibility index (Phi) is 4.02. The predicted octanol–water partition coefficient (Wildman–Crippen LogP) is 5.58. The number of hydrogen-bond donors (Lipinski definition) is 1. The summed E-state index contributed by atoms with van der Waals surface area (Å²) in [5.41, 5.74) is 4.62. The molecule has 27 heavy (non-hydrogen) atoms. The van der Waals surface area contributed by atoms with Gasteiger partial charge in [0.2, 0.25) is 0 Å². The van der Waals surface area contributed by atoms with Crippen molar-refractivity contribution in [2.75, 3.05) is 0 Å². The largest absolute Gasteiger partial charge is 0.507 e. The van der Waals surface area contributed by atoms with Crippen LogP contribution in [0.25, 0.3) is 11.0 Å². The first-order valence-electron chi connectivity index (χ1n) is 9.61. The summed E-state index contributed by atoms with van der Waals surface area (Å²) in [5.74, 6) is 1.25. The Morgan fingerprint density at radius 3 is 2.70 bits per heavy atom. The zero-order valence-electron chi connectivity index (χ0n) is 15.0. The second-order valence-corrected chi connectivity index (χ2v) is 8.43. The van der Waals surface area contributed by atoms with Gasteiger partial charge >= 0.3 is 0 Å². The highest BCUT2D eigenvalue weighted by molar-refractivity contribution is 7.16. The maximum absolute atomic E-state index is 10.5. The number of hydrogen-bond acceptors (Lipinski definition) is 5. The van der Waals surface area contributed by atoms with E-state index >= 15 is 0 Å². The fraction of sp³-hybridized carbons (Fsp3) is 0.364. The van der Waals surface area contributed by atoms with Crippen LogP contribution in [-0.4, -0.2) is 11.3 Å². The molecular weight excluding hydrogens is 356 g/mol. The standard InChI is InChI=1S/C22H20N2O2S/c23-11-15-13-5-2-4-8-20(13)27-22(15)24-12-16-17(25)9-10-19-21(16)14-6-1-3-7-18(14)26-19/h9-10,12,25H,1-8H2. The highest BCUT2D eigenvalue weighted by Gasteiger charge is 2.22. The van der Waals surface area contributed by atoms with Crippen LogP contribution in [0.4, 0.5) is 5.00 Å². The van der Waals surface area contributed by atoms with Gasteiger partial charge in [-0.15, -0.1) is 11.3 Å². The molecule has 1 N–H and O–H groups in total. The van der Waals surface area contributed by atoms with Gasteiger partial charge in [-0.2, -0.15) is 5.26 Å². The Labute approximate surface area is 161 Å². The summed E-state index contributed by atoms with van der Waals surface area (Å²) in [5, 5.41) is 21.9. The highest BCUT2D eigenvalue weighted by Crippen LogP contribution is 2.40. The Morgan fingerprint density at radius 2 is 1.85 bits per heavy atom. The number of fused-ring (bicyclic) bond motifs is 4. The van der Waals surface area contributed by atoms with Crippen molar-refractivity contribution in [1.29, 1.82) is 5.26 Å². The molecule has 0 unspecified atom stereocenters. The Balaban J connectivity index is 1.63. The minimum absolute atomic E-state index is 0.209. The topological polar surface area (TPSA) is 69.5 Å². The molecule has 2 aliphatic rings. The van der Waals surface area contributed by atoms with Crippen LogP contribution in [0.1, 0.15) is 58.6 Å². The number of nitriles is 1. The fourth-order valence-electron chi connectivity index (χ4n) is 4.38. The molecule has 0 saturated carbocycles. The summed E-state index contributed by atoms with van der Waals surface area (Å²) in [6.45, 7) is 0. The number of thiophene rings is 1. The average molecular weight is 376 g/mol. The van der Waals surface area contributed by atoms with Gasteiger partial charge in [-0.25, -0.2) is 4.99 Å². The lowest BCUT2D eigenvalue weighted by Crippen LogP contribution is -1.99. The minimum Gasteiger partial charge on any atom is -0.507 e. The van der Waals surface area contributed by atoms with Crippen molar-refractivity contribution < 1.29 is 9.52 Å². The van der Waals surface area contributed by atoms with Crippen molar-refractivity contribution in [2.24, 2.45) is 4.99 Å². The van der Waals surface area contributed by atoms with E-state index in [0.29, 0.717) is 11.1 Å². The van der Waals surface area contributed by atoms with Crippen molar-refractivity contribution in [3.05, 3.63) is 45.0 Å². The molecule has 4 nitrogen and oxygen atoms in total. The SMILES string of the molecule is N#Cc1c(N=Cc2c(O)ccc3oc4c(c23)CCCC4)sc2c1CCCC2.